The van der Waals surface area contributed by atoms with Gasteiger partial charge >= 0.3 is 0 Å². The quantitative estimate of drug-likeness (QED) is 0.584. The fraction of sp³-hybridized carbons (Fsp3) is 0.0500. The summed E-state index contributed by atoms with van der Waals surface area (Å²) >= 11 is 0. The molecule has 0 spiro atoms. The molecule has 0 unspecified atom stereocenters. The van der Waals surface area contributed by atoms with Crippen LogP contribution in [0.4, 0.5) is 11.6 Å². The zero-order valence-corrected chi connectivity index (χ0v) is 16.3. The maximum absolute atomic E-state index is 12.4. The number of sulfonamides is 1. The van der Waals surface area contributed by atoms with Crippen molar-refractivity contribution >= 4 is 33.6 Å². The van der Waals surface area contributed by atoms with Crippen LogP contribution in [0.15, 0.2) is 71.9 Å². The van der Waals surface area contributed by atoms with E-state index in [1.807, 2.05) is 0 Å². The molecule has 2 N–H and O–H groups in total. The molecular formula is C20H16N4O5S. The standard InChI is InChI=1S/C20H16N4O5S/c25-19(9-3-14-2-8-17-18(12-14)29-13-28-17)23-15-4-6-16(7-5-15)30(26,27)24-20-21-10-1-11-22-20/h1-12H,13H2,(H,23,25)(H,21,22,24). The van der Waals surface area contributed by atoms with Crippen molar-refractivity contribution in [2.45, 2.75) is 4.90 Å². The van der Waals surface area contributed by atoms with E-state index in [0.29, 0.717) is 17.2 Å². The van der Waals surface area contributed by atoms with Crippen LogP contribution in [0.5, 0.6) is 11.5 Å². The van der Waals surface area contributed by atoms with Crippen LogP contribution in [0.2, 0.25) is 0 Å². The summed E-state index contributed by atoms with van der Waals surface area (Å²) in [5, 5.41) is 2.67. The van der Waals surface area contributed by atoms with E-state index in [0.717, 1.165) is 5.56 Å². The molecule has 3 aromatic rings. The van der Waals surface area contributed by atoms with Gasteiger partial charge in [0.1, 0.15) is 0 Å². The van der Waals surface area contributed by atoms with E-state index in [-0.39, 0.29) is 23.5 Å². The second kappa shape index (κ2) is 8.21. The predicted molar refractivity (Wildman–Crippen MR) is 110 cm³/mol. The summed E-state index contributed by atoms with van der Waals surface area (Å²) in [5.41, 5.74) is 1.23. The van der Waals surface area contributed by atoms with Gasteiger partial charge in [0.05, 0.1) is 4.90 Å². The van der Waals surface area contributed by atoms with Gasteiger partial charge < -0.3 is 14.8 Å². The van der Waals surface area contributed by atoms with Crippen LogP contribution in [-0.4, -0.2) is 31.1 Å². The number of hydrogen-bond donors (Lipinski definition) is 2. The van der Waals surface area contributed by atoms with Crippen molar-refractivity contribution in [3.63, 3.8) is 0 Å². The van der Waals surface area contributed by atoms with E-state index < -0.39 is 10.0 Å². The number of carbonyl (C=O) groups excluding carboxylic acids is 1. The topological polar surface area (TPSA) is 120 Å². The molecule has 10 heteroatoms. The smallest absolute Gasteiger partial charge is 0.264 e. The number of rotatable bonds is 6. The van der Waals surface area contributed by atoms with E-state index in [1.54, 1.807) is 30.3 Å². The first-order chi connectivity index (χ1) is 14.5. The van der Waals surface area contributed by atoms with Gasteiger partial charge in [-0.05, 0) is 54.1 Å². The van der Waals surface area contributed by atoms with Crippen molar-refractivity contribution in [3.8, 4) is 11.5 Å². The lowest BCUT2D eigenvalue weighted by Gasteiger charge is -2.07. The molecule has 1 amide bonds. The van der Waals surface area contributed by atoms with Crippen molar-refractivity contribution in [2.75, 3.05) is 16.8 Å². The highest BCUT2D eigenvalue weighted by molar-refractivity contribution is 7.92. The van der Waals surface area contributed by atoms with Crippen molar-refractivity contribution in [1.82, 2.24) is 9.97 Å². The molecule has 0 saturated carbocycles. The Morgan fingerprint density at radius 1 is 1.00 bits per heavy atom. The maximum Gasteiger partial charge on any atom is 0.264 e. The summed E-state index contributed by atoms with van der Waals surface area (Å²) in [6.07, 6.45) is 5.87. The molecule has 0 atom stereocenters. The molecule has 1 aliphatic rings. The Balaban J connectivity index is 1.39. The lowest BCUT2D eigenvalue weighted by molar-refractivity contribution is -0.111. The van der Waals surface area contributed by atoms with Crippen LogP contribution < -0.4 is 19.5 Å². The molecule has 1 aliphatic heterocycles. The number of nitrogens with zero attached hydrogens (tertiary/aromatic N) is 2. The zero-order chi connectivity index (χ0) is 21.0. The second-order valence-electron chi connectivity index (χ2n) is 6.14. The Morgan fingerprint density at radius 3 is 2.50 bits per heavy atom. The average molecular weight is 424 g/mol. The van der Waals surface area contributed by atoms with Crippen molar-refractivity contribution in [3.05, 3.63) is 72.6 Å². The van der Waals surface area contributed by atoms with Gasteiger partial charge in [-0.2, -0.15) is 0 Å². The van der Waals surface area contributed by atoms with Crippen LogP contribution in [0.3, 0.4) is 0 Å². The highest BCUT2D eigenvalue weighted by Crippen LogP contribution is 2.32. The SMILES string of the molecule is O=C(C=Cc1ccc2c(c1)OCO2)Nc1ccc(S(=O)(=O)Nc2ncccn2)cc1. The van der Waals surface area contributed by atoms with Gasteiger partial charge in [0.15, 0.2) is 11.5 Å². The van der Waals surface area contributed by atoms with Gasteiger partial charge in [0.2, 0.25) is 18.6 Å². The van der Waals surface area contributed by atoms with E-state index in [9.17, 15) is 13.2 Å². The van der Waals surface area contributed by atoms with Crippen molar-refractivity contribution in [1.29, 1.82) is 0 Å². The Morgan fingerprint density at radius 2 is 1.73 bits per heavy atom. The molecule has 0 fully saturated rings. The largest absolute Gasteiger partial charge is 0.454 e. The number of hydrogen-bond acceptors (Lipinski definition) is 7. The number of benzene rings is 2. The number of aromatic nitrogens is 2. The highest BCUT2D eigenvalue weighted by Gasteiger charge is 2.15. The molecule has 0 saturated heterocycles. The summed E-state index contributed by atoms with van der Waals surface area (Å²) in [4.78, 5) is 19.8. The Bertz CT molecular complexity index is 1200. The fourth-order valence-electron chi connectivity index (χ4n) is 2.62. The molecule has 4 rings (SSSR count). The number of ether oxygens (including phenoxy) is 2. The van der Waals surface area contributed by atoms with Crippen LogP contribution in [0.1, 0.15) is 5.56 Å². The molecule has 2 heterocycles. The van der Waals surface area contributed by atoms with E-state index in [2.05, 4.69) is 20.0 Å². The summed E-state index contributed by atoms with van der Waals surface area (Å²) in [7, 11) is -3.83. The summed E-state index contributed by atoms with van der Waals surface area (Å²) < 4.78 is 37.6. The Labute approximate surface area is 172 Å². The molecule has 9 nitrogen and oxygen atoms in total. The number of fused-ring (bicyclic) bond motifs is 1. The molecule has 30 heavy (non-hydrogen) atoms. The first-order valence-corrected chi connectivity index (χ1v) is 10.3. The fourth-order valence-corrected chi connectivity index (χ4v) is 3.58. The van der Waals surface area contributed by atoms with Gasteiger partial charge in [-0.15, -0.1) is 0 Å². The molecule has 0 radical (unpaired) electrons. The van der Waals surface area contributed by atoms with Crippen LogP contribution in [-0.2, 0) is 14.8 Å². The minimum atomic E-state index is -3.83. The highest BCUT2D eigenvalue weighted by atomic mass is 32.2. The normalized spacial score (nSPS) is 12.7. The number of nitrogens with one attached hydrogen (secondary N) is 2. The lowest BCUT2D eigenvalue weighted by Crippen LogP contribution is -2.15. The molecule has 0 bridgehead atoms. The van der Waals surface area contributed by atoms with Gasteiger partial charge in [-0.25, -0.2) is 23.1 Å². The number of amides is 1. The Hall–Kier alpha value is -3.92. The predicted octanol–water partition coefficient (Wildman–Crippen LogP) is 2.66. The average Bonchev–Trinajstić information content (AvgIpc) is 3.21. The van der Waals surface area contributed by atoms with Crippen molar-refractivity contribution in [2.24, 2.45) is 0 Å². The number of anilines is 2. The van der Waals surface area contributed by atoms with Gasteiger partial charge in [0, 0.05) is 24.2 Å². The number of carbonyl (C=O) groups is 1. The molecule has 2 aromatic carbocycles. The minimum absolute atomic E-state index is 0.0175. The maximum atomic E-state index is 12.4. The third-order valence-electron chi connectivity index (χ3n) is 4.05. The molecule has 0 aliphatic carbocycles. The van der Waals surface area contributed by atoms with E-state index in [1.165, 1.54) is 42.7 Å². The molecule has 152 valence electrons. The van der Waals surface area contributed by atoms with Crippen LogP contribution in [0, 0.1) is 0 Å². The molecule has 1 aromatic heterocycles. The van der Waals surface area contributed by atoms with Gasteiger partial charge in [-0.1, -0.05) is 6.07 Å². The Kier molecular flexibility index (Phi) is 5.31. The summed E-state index contributed by atoms with van der Waals surface area (Å²) in [6.45, 7) is 0.183. The molecular weight excluding hydrogens is 408 g/mol. The summed E-state index contributed by atoms with van der Waals surface area (Å²) in [6, 6.07) is 12.7. The lowest BCUT2D eigenvalue weighted by atomic mass is 10.2. The van der Waals surface area contributed by atoms with Crippen LogP contribution in [0.25, 0.3) is 6.08 Å². The van der Waals surface area contributed by atoms with Gasteiger partial charge in [0.25, 0.3) is 10.0 Å². The van der Waals surface area contributed by atoms with Gasteiger partial charge in [-0.3, -0.25) is 4.79 Å². The third kappa shape index (κ3) is 4.55. The van der Waals surface area contributed by atoms with E-state index in [4.69, 9.17) is 9.47 Å². The first-order valence-electron chi connectivity index (χ1n) is 8.78. The zero-order valence-electron chi connectivity index (χ0n) is 15.5. The first kappa shape index (κ1) is 19.4. The van der Waals surface area contributed by atoms with Crippen LogP contribution >= 0.6 is 0 Å². The monoisotopic (exact) mass is 424 g/mol. The van der Waals surface area contributed by atoms with E-state index >= 15 is 0 Å². The minimum Gasteiger partial charge on any atom is -0.454 e. The second-order valence-corrected chi connectivity index (χ2v) is 7.82. The summed E-state index contributed by atoms with van der Waals surface area (Å²) in [5.74, 6) is 0.909. The van der Waals surface area contributed by atoms with Crippen molar-refractivity contribution < 1.29 is 22.7 Å². The third-order valence-corrected chi connectivity index (χ3v) is 5.39.